The van der Waals surface area contributed by atoms with E-state index >= 15 is 0 Å². The highest BCUT2D eigenvalue weighted by atomic mass is 16.5. The number of aryl methyl sites for hydroxylation is 1. The Morgan fingerprint density at radius 3 is 2.84 bits per heavy atom. The molecule has 222 valence electrons. The first-order chi connectivity index (χ1) is 21.4. The topological polar surface area (TPSA) is 131 Å². The van der Waals surface area contributed by atoms with Gasteiger partial charge in [-0.1, -0.05) is 6.08 Å². The number of nitrogens with zero attached hydrogens (tertiary/aromatic N) is 7. The number of carbonyl (C=O) groups excluding carboxylic acids is 1. The second-order valence-electron chi connectivity index (χ2n) is 10.8. The maximum absolute atomic E-state index is 13.0. The van der Waals surface area contributed by atoms with Crippen LogP contribution in [0.4, 0.5) is 11.4 Å². The van der Waals surface area contributed by atoms with E-state index < -0.39 is 0 Å². The number of carbonyl (C=O) groups is 1. The number of benzene rings is 2. The monoisotopic (exact) mass is 588 g/mol. The average Bonchev–Trinajstić information content (AvgIpc) is 3.66. The molecule has 1 N–H and O–H groups in total. The number of likely N-dealkylation sites (N-methyl/N-ethyl adjacent to an activating group) is 1. The number of aromatic nitrogens is 5. The minimum Gasteiger partial charge on any atom is -0.494 e. The lowest BCUT2D eigenvalue weighted by Gasteiger charge is -2.16. The quantitative estimate of drug-likeness (QED) is 0.207. The summed E-state index contributed by atoms with van der Waals surface area (Å²) in [7, 11) is 2.08. The number of rotatable bonds is 10. The highest BCUT2D eigenvalue weighted by Crippen LogP contribution is 2.35. The van der Waals surface area contributed by atoms with Gasteiger partial charge in [-0.05, 0) is 76.2 Å². The van der Waals surface area contributed by atoms with Gasteiger partial charge in [0.25, 0.3) is 0 Å². The Morgan fingerprint density at radius 2 is 2.07 bits per heavy atom. The van der Waals surface area contributed by atoms with Crippen LogP contribution in [0.3, 0.4) is 0 Å². The number of pyridine rings is 1. The van der Waals surface area contributed by atoms with Crippen molar-refractivity contribution in [1.29, 1.82) is 5.26 Å². The zero-order valence-corrected chi connectivity index (χ0v) is 24.8. The maximum atomic E-state index is 13.0. The summed E-state index contributed by atoms with van der Waals surface area (Å²) in [5.74, 6) is 1.64. The van der Waals surface area contributed by atoms with Crippen LogP contribution in [0.25, 0.3) is 16.6 Å². The van der Waals surface area contributed by atoms with Crippen molar-refractivity contribution in [3.8, 4) is 23.4 Å². The number of fused-ring (bicyclic) bond motifs is 2. The first-order valence-corrected chi connectivity index (χ1v) is 14.5. The molecule has 0 saturated carbocycles. The van der Waals surface area contributed by atoms with Crippen molar-refractivity contribution in [3.05, 3.63) is 84.1 Å². The van der Waals surface area contributed by atoms with Crippen LogP contribution in [0, 0.1) is 18.3 Å². The van der Waals surface area contributed by atoms with Gasteiger partial charge in [-0.2, -0.15) is 5.26 Å². The molecule has 0 aliphatic carbocycles. The smallest absolute Gasteiger partial charge is 0.224 e. The molecule has 44 heavy (non-hydrogen) atoms. The lowest BCUT2D eigenvalue weighted by Crippen LogP contribution is -2.22. The van der Waals surface area contributed by atoms with Crippen molar-refractivity contribution >= 4 is 33.7 Å². The van der Waals surface area contributed by atoms with Crippen molar-refractivity contribution in [1.82, 2.24) is 29.5 Å². The number of ketones is 1. The van der Waals surface area contributed by atoms with Gasteiger partial charge in [0.05, 0.1) is 23.4 Å². The second-order valence-corrected chi connectivity index (χ2v) is 10.8. The summed E-state index contributed by atoms with van der Waals surface area (Å²) in [6.07, 6.45) is 10.8. The predicted molar refractivity (Wildman–Crippen MR) is 166 cm³/mol. The average molecular weight is 589 g/mol. The molecule has 11 heteroatoms. The summed E-state index contributed by atoms with van der Waals surface area (Å²) in [4.78, 5) is 24.1. The summed E-state index contributed by atoms with van der Waals surface area (Å²) in [5.41, 5.74) is 4.63. The van der Waals surface area contributed by atoms with Gasteiger partial charge in [0.2, 0.25) is 5.88 Å². The van der Waals surface area contributed by atoms with E-state index in [1.165, 1.54) is 0 Å². The van der Waals surface area contributed by atoms with Crippen molar-refractivity contribution in [2.45, 2.75) is 39.2 Å². The third-order valence-corrected chi connectivity index (χ3v) is 7.74. The molecule has 1 saturated heterocycles. The minimum atomic E-state index is -0.00613. The standard InChI is InChI=1S/C33H32N8O3/c1-4-43-30-15-28-27(14-22(30)13-26(42)9-8-25-6-5-11-40(25)3)33(23(17-34)18-35-28)38-24-7-10-29(21(2)12-24)44-32-16-31-39-37-20-41(31)19-36-32/h7-10,12,14-16,18-20,25H,4-6,11,13H2,1-3H3,(H,35,38)/b9-8+/t25-/m1/s1. The van der Waals surface area contributed by atoms with E-state index in [1.54, 1.807) is 35.4 Å². The van der Waals surface area contributed by atoms with Crippen LogP contribution in [-0.2, 0) is 11.2 Å². The lowest BCUT2D eigenvalue weighted by molar-refractivity contribution is -0.114. The summed E-state index contributed by atoms with van der Waals surface area (Å²) in [6, 6.07) is 13.6. The molecule has 1 aliphatic rings. The Morgan fingerprint density at radius 1 is 1.18 bits per heavy atom. The molecule has 0 bridgehead atoms. The summed E-state index contributed by atoms with van der Waals surface area (Å²) >= 11 is 0. The number of nitrogens with one attached hydrogen (secondary N) is 1. The molecule has 3 aromatic heterocycles. The number of nitriles is 1. The number of allylic oxidation sites excluding steroid dienone is 1. The molecular weight excluding hydrogens is 556 g/mol. The Labute approximate surface area is 254 Å². The molecule has 0 amide bonds. The molecule has 0 spiro atoms. The number of ether oxygens (including phenoxy) is 2. The van der Waals surface area contributed by atoms with Crippen molar-refractivity contribution in [2.24, 2.45) is 0 Å². The minimum absolute atomic E-state index is 0.00613. The van der Waals surface area contributed by atoms with Crippen molar-refractivity contribution in [2.75, 3.05) is 25.5 Å². The number of anilines is 2. The van der Waals surface area contributed by atoms with Crippen LogP contribution < -0.4 is 14.8 Å². The molecule has 5 aromatic rings. The first kappa shape index (κ1) is 28.8. The second kappa shape index (κ2) is 12.5. The lowest BCUT2D eigenvalue weighted by atomic mass is 10.0. The van der Waals surface area contributed by atoms with Crippen LogP contribution in [0.1, 0.15) is 36.5 Å². The largest absolute Gasteiger partial charge is 0.494 e. The van der Waals surface area contributed by atoms with Crippen LogP contribution in [0.2, 0.25) is 0 Å². The highest BCUT2D eigenvalue weighted by Gasteiger charge is 2.19. The van der Waals surface area contributed by atoms with E-state index in [0.717, 1.165) is 41.6 Å². The van der Waals surface area contributed by atoms with E-state index in [4.69, 9.17) is 9.47 Å². The van der Waals surface area contributed by atoms with Gasteiger partial charge in [-0.15, -0.1) is 10.2 Å². The van der Waals surface area contributed by atoms with Crippen molar-refractivity contribution < 1.29 is 14.3 Å². The van der Waals surface area contributed by atoms with E-state index in [0.29, 0.717) is 46.4 Å². The SMILES string of the molecule is CCOc1cc2ncc(C#N)c(Nc3ccc(Oc4cc5nncn5cn4)c(C)c3)c2cc1CC(=O)/C=C/[C@H]1CCCN1C. The third-order valence-electron chi connectivity index (χ3n) is 7.74. The van der Waals surface area contributed by atoms with Crippen LogP contribution in [0.15, 0.2) is 67.4 Å². The third kappa shape index (κ3) is 6.07. The van der Waals surface area contributed by atoms with Crippen LogP contribution >= 0.6 is 0 Å². The van der Waals surface area contributed by atoms with Crippen molar-refractivity contribution in [3.63, 3.8) is 0 Å². The molecular formula is C33H32N8O3. The van der Waals surface area contributed by atoms with Gasteiger partial charge in [-0.25, -0.2) is 4.98 Å². The van der Waals surface area contributed by atoms with Gasteiger partial charge >= 0.3 is 0 Å². The molecule has 0 unspecified atom stereocenters. The Hall–Kier alpha value is -5.34. The van der Waals surface area contributed by atoms with E-state index in [9.17, 15) is 10.1 Å². The highest BCUT2D eigenvalue weighted by molar-refractivity contribution is 5.99. The summed E-state index contributed by atoms with van der Waals surface area (Å²) in [6.45, 7) is 5.33. The van der Waals surface area contributed by atoms with Crippen LogP contribution in [-0.4, -0.2) is 61.5 Å². The van der Waals surface area contributed by atoms with Gasteiger partial charge in [0, 0.05) is 47.4 Å². The van der Waals surface area contributed by atoms with Gasteiger partial charge in [0.1, 0.15) is 30.2 Å². The molecule has 1 fully saturated rings. The molecule has 4 heterocycles. The zero-order chi connectivity index (χ0) is 30.6. The number of likely N-dealkylation sites (tertiary alicyclic amines) is 1. The predicted octanol–water partition coefficient (Wildman–Crippen LogP) is 5.55. The van der Waals surface area contributed by atoms with E-state index in [-0.39, 0.29) is 18.2 Å². The number of hydrogen-bond donors (Lipinski definition) is 1. The Bertz CT molecular complexity index is 1930. The van der Waals surface area contributed by atoms with Gasteiger partial charge in [-0.3, -0.25) is 19.1 Å². The summed E-state index contributed by atoms with van der Waals surface area (Å²) in [5, 5.41) is 22.0. The Balaban J connectivity index is 1.29. The molecule has 0 radical (unpaired) electrons. The fourth-order valence-corrected chi connectivity index (χ4v) is 5.42. The molecule has 11 nitrogen and oxygen atoms in total. The molecule has 1 aliphatic heterocycles. The van der Waals surface area contributed by atoms with Gasteiger partial charge in [0.15, 0.2) is 11.4 Å². The first-order valence-electron chi connectivity index (χ1n) is 14.5. The van der Waals surface area contributed by atoms with Crippen LogP contribution in [0.5, 0.6) is 17.4 Å². The fourth-order valence-electron chi connectivity index (χ4n) is 5.42. The van der Waals surface area contributed by atoms with E-state index in [2.05, 4.69) is 43.5 Å². The summed E-state index contributed by atoms with van der Waals surface area (Å²) < 4.78 is 13.6. The fraction of sp³-hybridized carbons (Fsp3) is 0.273. The normalized spacial score (nSPS) is 15.2. The van der Waals surface area contributed by atoms with Gasteiger partial charge < -0.3 is 14.8 Å². The Kier molecular flexibility index (Phi) is 8.16. The maximum Gasteiger partial charge on any atom is 0.224 e. The molecule has 1 atom stereocenters. The molecule has 2 aromatic carbocycles. The van der Waals surface area contributed by atoms with E-state index in [1.807, 2.05) is 50.3 Å². The molecule has 6 rings (SSSR count). The number of hydrogen-bond acceptors (Lipinski definition) is 10. The zero-order valence-electron chi connectivity index (χ0n) is 24.8.